The zero-order chi connectivity index (χ0) is 25.4. The van der Waals surface area contributed by atoms with E-state index in [2.05, 4.69) is 25.3 Å². The summed E-state index contributed by atoms with van der Waals surface area (Å²) in [6, 6.07) is 13.3. The molecule has 0 radical (unpaired) electrons. The van der Waals surface area contributed by atoms with Gasteiger partial charge in [0.05, 0.1) is 10.6 Å². The molecule has 0 saturated heterocycles. The van der Waals surface area contributed by atoms with Crippen molar-refractivity contribution < 1.29 is 22.8 Å². The second-order valence-electron chi connectivity index (χ2n) is 7.86. The summed E-state index contributed by atoms with van der Waals surface area (Å²) in [5.41, 5.74) is 1.17. The van der Waals surface area contributed by atoms with Crippen LogP contribution in [0.1, 0.15) is 12.0 Å². The lowest BCUT2D eigenvalue weighted by atomic mass is 10.1. The lowest BCUT2D eigenvalue weighted by Gasteiger charge is -2.14. The molecule has 0 aliphatic rings. The van der Waals surface area contributed by atoms with Crippen LogP contribution in [0.5, 0.6) is 5.75 Å². The minimum atomic E-state index is -4.82. The summed E-state index contributed by atoms with van der Waals surface area (Å²) in [5.74, 6) is 0.252. The molecule has 12 heteroatoms. The van der Waals surface area contributed by atoms with Crippen molar-refractivity contribution in [2.75, 3.05) is 37.8 Å². The number of aromatic nitrogens is 2. The van der Waals surface area contributed by atoms with E-state index in [9.17, 15) is 23.3 Å². The fraction of sp³-hybridized carbons (Fsp3) is 0.304. The number of alkyl halides is 3. The SMILES string of the molecule is CN(C)CCCNc1nc(NCc2ccccc2[N+](=O)[O-])cc(-c2cccc(OC(F)(F)F)c2)n1. The molecule has 0 aliphatic carbocycles. The fourth-order valence-electron chi connectivity index (χ4n) is 3.24. The average molecular weight is 490 g/mol. The van der Waals surface area contributed by atoms with Crippen LogP contribution in [0.3, 0.4) is 0 Å². The van der Waals surface area contributed by atoms with Crippen LogP contribution in [0.25, 0.3) is 11.3 Å². The second-order valence-corrected chi connectivity index (χ2v) is 7.86. The summed E-state index contributed by atoms with van der Waals surface area (Å²) >= 11 is 0. The van der Waals surface area contributed by atoms with Gasteiger partial charge < -0.3 is 20.3 Å². The van der Waals surface area contributed by atoms with Crippen molar-refractivity contribution in [2.45, 2.75) is 19.3 Å². The van der Waals surface area contributed by atoms with Crippen LogP contribution in [-0.2, 0) is 6.54 Å². The molecule has 1 heterocycles. The number of hydrogen-bond acceptors (Lipinski definition) is 8. The Kier molecular flexibility index (Phi) is 8.42. The predicted molar refractivity (Wildman–Crippen MR) is 126 cm³/mol. The minimum absolute atomic E-state index is 0.0340. The van der Waals surface area contributed by atoms with Crippen molar-refractivity contribution in [2.24, 2.45) is 0 Å². The molecule has 0 aliphatic heterocycles. The highest BCUT2D eigenvalue weighted by Crippen LogP contribution is 2.29. The Bertz CT molecular complexity index is 1160. The fourth-order valence-corrected chi connectivity index (χ4v) is 3.24. The number of hydrogen-bond donors (Lipinski definition) is 2. The van der Waals surface area contributed by atoms with E-state index >= 15 is 0 Å². The lowest BCUT2D eigenvalue weighted by Crippen LogP contribution is -2.17. The highest BCUT2D eigenvalue weighted by Gasteiger charge is 2.31. The highest BCUT2D eigenvalue weighted by molar-refractivity contribution is 5.66. The molecule has 0 fully saturated rings. The number of halogens is 3. The van der Waals surface area contributed by atoms with E-state index in [0.29, 0.717) is 29.2 Å². The second kappa shape index (κ2) is 11.5. The normalized spacial score (nSPS) is 11.4. The molecule has 2 aromatic carbocycles. The Morgan fingerprint density at radius 3 is 2.54 bits per heavy atom. The van der Waals surface area contributed by atoms with E-state index in [4.69, 9.17) is 0 Å². The molecule has 9 nitrogen and oxygen atoms in total. The zero-order valence-electron chi connectivity index (χ0n) is 19.2. The largest absolute Gasteiger partial charge is 0.573 e. The van der Waals surface area contributed by atoms with Crippen LogP contribution in [0.4, 0.5) is 30.6 Å². The van der Waals surface area contributed by atoms with Crippen molar-refractivity contribution in [3.05, 3.63) is 70.3 Å². The van der Waals surface area contributed by atoms with E-state index in [1.54, 1.807) is 30.3 Å². The first kappa shape index (κ1) is 25.7. The summed E-state index contributed by atoms with van der Waals surface area (Å²) in [7, 11) is 3.91. The van der Waals surface area contributed by atoms with Crippen molar-refractivity contribution in [3.63, 3.8) is 0 Å². The van der Waals surface area contributed by atoms with Crippen molar-refractivity contribution in [3.8, 4) is 17.0 Å². The van der Waals surface area contributed by atoms with Gasteiger partial charge in [-0.3, -0.25) is 10.1 Å². The van der Waals surface area contributed by atoms with E-state index in [-0.39, 0.29) is 23.9 Å². The maximum atomic E-state index is 12.7. The minimum Gasteiger partial charge on any atom is -0.406 e. The van der Waals surface area contributed by atoms with Gasteiger partial charge in [-0.05, 0) is 39.2 Å². The summed E-state index contributed by atoms with van der Waals surface area (Å²) < 4.78 is 42.0. The van der Waals surface area contributed by atoms with E-state index in [0.717, 1.165) is 13.0 Å². The Hall–Kier alpha value is -3.93. The number of nitrogens with zero attached hydrogens (tertiary/aromatic N) is 4. The number of nitro groups is 1. The van der Waals surface area contributed by atoms with Gasteiger partial charge in [0, 0.05) is 36.3 Å². The van der Waals surface area contributed by atoms with Gasteiger partial charge in [0.2, 0.25) is 5.95 Å². The van der Waals surface area contributed by atoms with Gasteiger partial charge in [0.1, 0.15) is 11.6 Å². The van der Waals surface area contributed by atoms with Crippen LogP contribution >= 0.6 is 0 Å². The quantitative estimate of drug-likeness (QED) is 0.222. The van der Waals surface area contributed by atoms with Gasteiger partial charge in [0.25, 0.3) is 5.69 Å². The van der Waals surface area contributed by atoms with Crippen LogP contribution < -0.4 is 15.4 Å². The first-order valence-corrected chi connectivity index (χ1v) is 10.7. The molecule has 0 unspecified atom stereocenters. The Labute approximate surface area is 200 Å². The molecule has 0 atom stereocenters. The van der Waals surface area contributed by atoms with Gasteiger partial charge in [0.15, 0.2) is 0 Å². The molecule has 186 valence electrons. The van der Waals surface area contributed by atoms with Gasteiger partial charge in [-0.2, -0.15) is 4.98 Å². The Morgan fingerprint density at radius 2 is 1.83 bits per heavy atom. The summed E-state index contributed by atoms with van der Waals surface area (Å²) in [6.45, 7) is 1.53. The number of nitro benzene ring substituents is 1. The number of nitrogens with one attached hydrogen (secondary N) is 2. The first-order chi connectivity index (χ1) is 16.6. The van der Waals surface area contributed by atoms with Gasteiger partial charge in [-0.25, -0.2) is 4.98 Å². The molecular formula is C23H25F3N6O3. The van der Waals surface area contributed by atoms with E-state index < -0.39 is 11.3 Å². The van der Waals surface area contributed by atoms with E-state index in [1.165, 1.54) is 24.3 Å². The van der Waals surface area contributed by atoms with Crippen molar-refractivity contribution >= 4 is 17.5 Å². The van der Waals surface area contributed by atoms with Crippen LogP contribution in [0.2, 0.25) is 0 Å². The molecule has 0 bridgehead atoms. The molecule has 35 heavy (non-hydrogen) atoms. The van der Waals surface area contributed by atoms with Crippen molar-refractivity contribution in [1.29, 1.82) is 0 Å². The van der Waals surface area contributed by atoms with Gasteiger partial charge in [-0.1, -0.05) is 30.3 Å². The Morgan fingerprint density at radius 1 is 1.06 bits per heavy atom. The smallest absolute Gasteiger partial charge is 0.406 e. The predicted octanol–water partition coefficient (Wildman–Crippen LogP) is 4.93. The van der Waals surface area contributed by atoms with Crippen molar-refractivity contribution in [1.82, 2.24) is 14.9 Å². The Balaban J connectivity index is 1.87. The molecule has 0 saturated carbocycles. The van der Waals surface area contributed by atoms with Gasteiger partial charge in [-0.15, -0.1) is 13.2 Å². The number of benzene rings is 2. The third-order valence-corrected chi connectivity index (χ3v) is 4.80. The number of rotatable bonds is 11. The monoisotopic (exact) mass is 490 g/mol. The molecule has 3 rings (SSSR count). The van der Waals surface area contributed by atoms with Crippen LogP contribution in [0, 0.1) is 10.1 Å². The molecule has 1 aromatic heterocycles. The molecule has 0 spiro atoms. The number of para-hydroxylation sites is 1. The molecule has 0 amide bonds. The first-order valence-electron chi connectivity index (χ1n) is 10.7. The summed E-state index contributed by atoms with van der Waals surface area (Å²) in [5, 5.41) is 17.5. The zero-order valence-corrected chi connectivity index (χ0v) is 19.2. The molecular weight excluding hydrogens is 465 g/mol. The third-order valence-electron chi connectivity index (χ3n) is 4.80. The standard InChI is InChI=1S/C23H25F3N6O3/c1-31(2)12-6-11-27-22-29-19(16-8-5-9-18(13-16)35-23(24,25)26)14-21(30-22)28-15-17-7-3-4-10-20(17)32(33)34/h3-5,7-10,13-14H,6,11-12,15H2,1-2H3,(H2,27,28,29,30). The topological polar surface area (TPSA) is 105 Å². The van der Waals surface area contributed by atoms with Crippen LogP contribution in [0.15, 0.2) is 54.6 Å². The van der Waals surface area contributed by atoms with Crippen LogP contribution in [-0.4, -0.2) is 53.3 Å². The molecule has 3 aromatic rings. The van der Waals surface area contributed by atoms with Gasteiger partial charge >= 0.3 is 6.36 Å². The lowest BCUT2D eigenvalue weighted by molar-refractivity contribution is -0.385. The van der Waals surface area contributed by atoms with E-state index in [1.807, 2.05) is 19.0 Å². The maximum Gasteiger partial charge on any atom is 0.573 e. The molecule has 2 N–H and O–H groups in total. The third kappa shape index (κ3) is 8.10. The summed E-state index contributed by atoms with van der Waals surface area (Å²) in [6.07, 6.45) is -4.00. The maximum absolute atomic E-state index is 12.7. The number of ether oxygens (including phenoxy) is 1. The average Bonchev–Trinajstić information content (AvgIpc) is 2.79. The summed E-state index contributed by atoms with van der Waals surface area (Å²) in [4.78, 5) is 21.7. The highest BCUT2D eigenvalue weighted by atomic mass is 19.4. The number of anilines is 2.